The Hall–Kier alpha value is -1.80. The Kier molecular flexibility index (Phi) is 5.48. The third kappa shape index (κ3) is 4.35. The minimum absolute atomic E-state index is 0.137. The zero-order valence-corrected chi connectivity index (χ0v) is 13.9. The molecule has 1 saturated heterocycles. The fourth-order valence-corrected chi connectivity index (χ4v) is 4.16. The van der Waals surface area contributed by atoms with E-state index in [1.54, 1.807) is 0 Å². The maximum Gasteiger partial charge on any atom is 0.254 e. The molecule has 8 heteroatoms. The number of hydrogen-bond donors (Lipinski definition) is 2. The maximum absolute atomic E-state index is 12.4. The highest BCUT2D eigenvalue weighted by Gasteiger charge is 2.29. The lowest BCUT2D eigenvalue weighted by molar-refractivity contribution is 0.0697. The molecule has 0 bridgehead atoms. The van der Waals surface area contributed by atoms with Gasteiger partial charge in [-0.15, -0.1) is 0 Å². The zero-order chi connectivity index (χ0) is 17.0. The molecule has 23 heavy (non-hydrogen) atoms. The van der Waals surface area contributed by atoms with Gasteiger partial charge in [-0.25, -0.2) is 8.42 Å². The van der Waals surface area contributed by atoms with Gasteiger partial charge >= 0.3 is 0 Å². The molecule has 1 aliphatic rings. The zero-order valence-electron chi connectivity index (χ0n) is 13.1. The molecule has 0 radical (unpaired) electrons. The van der Waals surface area contributed by atoms with Gasteiger partial charge in [0, 0.05) is 37.8 Å². The molecule has 0 unspecified atom stereocenters. The first kappa shape index (κ1) is 17.6. The second-order valence-electron chi connectivity index (χ2n) is 5.60. The number of unbranched alkanes of at least 4 members (excludes halogenated alkanes) is 1. The maximum atomic E-state index is 12.4. The van der Waals surface area contributed by atoms with Gasteiger partial charge in [0.15, 0.2) is 0 Å². The van der Waals surface area contributed by atoms with Gasteiger partial charge in [0.1, 0.15) is 11.5 Å². The first-order valence-corrected chi connectivity index (χ1v) is 9.24. The molecule has 0 spiro atoms. The van der Waals surface area contributed by atoms with E-state index >= 15 is 0 Å². The van der Waals surface area contributed by atoms with E-state index in [2.05, 4.69) is 0 Å². The van der Waals surface area contributed by atoms with Crippen molar-refractivity contribution in [1.82, 2.24) is 9.21 Å². The molecule has 1 amide bonds. The average Bonchev–Trinajstić information content (AvgIpc) is 2.51. The van der Waals surface area contributed by atoms with Crippen molar-refractivity contribution >= 4 is 15.9 Å². The number of phenolic OH excluding ortho intramolecular Hbond substituents is 2. The molecule has 1 heterocycles. The summed E-state index contributed by atoms with van der Waals surface area (Å²) in [5, 5.41) is 18.9. The lowest BCUT2D eigenvalue weighted by Crippen LogP contribution is -2.51. The van der Waals surface area contributed by atoms with Crippen LogP contribution in [-0.2, 0) is 10.0 Å². The van der Waals surface area contributed by atoms with Crippen molar-refractivity contribution in [2.45, 2.75) is 19.8 Å². The summed E-state index contributed by atoms with van der Waals surface area (Å²) >= 11 is 0. The highest BCUT2D eigenvalue weighted by molar-refractivity contribution is 7.89. The summed E-state index contributed by atoms with van der Waals surface area (Å²) in [6.07, 6.45) is 1.45. The molecule has 2 rings (SSSR count). The Morgan fingerprint density at radius 2 is 1.65 bits per heavy atom. The van der Waals surface area contributed by atoms with Crippen molar-refractivity contribution in [3.05, 3.63) is 23.8 Å². The number of rotatable bonds is 5. The van der Waals surface area contributed by atoms with E-state index in [1.807, 2.05) is 6.92 Å². The Bertz CT molecular complexity index is 646. The normalized spacial score (nSPS) is 16.5. The van der Waals surface area contributed by atoms with E-state index in [0.717, 1.165) is 12.5 Å². The van der Waals surface area contributed by atoms with E-state index in [9.17, 15) is 23.4 Å². The summed E-state index contributed by atoms with van der Waals surface area (Å²) in [7, 11) is -3.26. The minimum Gasteiger partial charge on any atom is -0.508 e. The third-order valence-corrected chi connectivity index (χ3v) is 5.78. The summed E-state index contributed by atoms with van der Waals surface area (Å²) < 4.78 is 25.7. The van der Waals surface area contributed by atoms with Crippen LogP contribution in [0, 0.1) is 0 Å². The molecule has 0 aliphatic carbocycles. The molecule has 1 aliphatic heterocycles. The molecule has 2 N–H and O–H groups in total. The summed E-state index contributed by atoms with van der Waals surface area (Å²) in [5.74, 6) is -0.567. The van der Waals surface area contributed by atoms with E-state index in [1.165, 1.54) is 21.3 Å². The van der Waals surface area contributed by atoms with Crippen molar-refractivity contribution in [2.24, 2.45) is 0 Å². The molecule has 1 fully saturated rings. The lowest BCUT2D eigenvalue weighted by Gasteiger charge is -2.34. The van der Waals surface area contributed by atoms with Gasteiger partial charge in [0.05, 0.1) is 5.75 Å². The Balaban J connectivity index is 2.00. The van der Waals surface area contributed by atoms with Crippen LogP contribution in [0.1, 0.15) is 30.1 Å². The van der Waals surface area contributed by atoms with E-state index in [0.29, 0.717) is 19.5 Å². The van der Waals surface area contributed by atoms with Gasteiger partial charge in [-0.3, -0.25) is 4.79 Å². The van der Waals surface area contributed by atoms with Crippen LogP contribution in [-0.4, -0.2) is 65.7 Å². The standard InChI is InChI=1S/C15H22N2O5S/c1-2-3-8-23(21,22)17-6-4-16(5-7-17)15(20)12-9-13(18)11-14(19)10-12/h9-11,18-19H,2-8H2,1H3. The summed E-state index contributed by atoms with van der Waals surface area (Å²) in [5.41, 5.74) is 0.185. The van der Waals surface area contributed by atoms with Crippen LogP contribution in [0.25, 0.3) is 0 Å². The van der Waals surface area contributed by atoms with Crippen molar-refractivity contribution in [1.29, 1.82) is 0 Å². The lowest BCUT2D eigenvalue weighted by atomic mass is 10.1. The van der Waals surface area contributed by atoms with E-state index in [-0.39, 0.29) is 41.8 Å². The highest BCUT2D eigenvalue weighted by atomic mass is 32.2. The quantitative estimate of drug-likeness (QED) is 0.831. The largest absolute Gasteiger partial charge is 0.508 e. The third-order valence-electron chi connectivity index (χ3n) is 3.82. The minimum atomic E-state index is -3.26. The van der Waals surface area contributed by atoms with Crippen LogP contribution in [0.4, 0.5) is 0 Å². The molecule has 0 aromatic heterocycles. The molecule has 0 saturated carbocycles. The summed E-state index contributed by atoms with van der Waals surface area (Å²) in [4.78, 5) is 13.9. The number of carbonyl (C=O) groups is 1. The molecule has 7 nitrogen and oxygen atoms in total. The smallest absolute Gasteiger partial charge is 0.254 e. The predicted molar refractivity (Wildman–Crippen MR) is 85.9 cm³/mol. The number of carbonyl (C=O) groups excluding carboxylic acids is 1. The fourth-order valence-electron chi connectivity index (χ4n) is 2.53. The molecular weight excluding hydrogens is 320 g/mol. The monoisotopic (exact) mass is 342 g/mol. The van der Waals surface area contributed by atoms with Crippen LogP contribution in [0.5, 0.6) is 11.5 Å². The van der Waals surface area contributed by atoms with Crippen LogP contribution in [0.2, 0.25) is 0 Å². The van der Waals surface area contributed by atoms with Gasteiger partial charge in [0.2, 0.25) is 10.0 Å². The second-order valence-corrected chi connectivity index (χ2v) is 7.69. The Labute approximate surface area is 136 Å². The van der Waals surface area contributed by atoms with Gasteiger partial charge in [-0.1, -0.05) is 13.3 Å². The molecule has 0 atom stereocenters. The first-order valence-electron chi connectivity index (χ1n) is 7.63. The predicted octanol–water partition coefficient (Wildman–Crippen LogP) is 0.986. The van der Waals surface area contributed by atoms with Crippen LogP contribution in [0.3, 0.4) is 0 Å². The SMILES string of the molecule is CCCCS(=O)(=O)N1CCN(C(=O)c2cc(O)cc(O)c2)CC1. The number of benzene rings is 1. The average molecular weight is 342 g/mol. The van der Waals surface area contributed by atoms with Gasteiger partial charge in [0.25, 0.3) is 5.91 Å². The highest BCUT2D eigenvalue weighted by Crippen LogP contribution is 2.22. The molecule has 1 aromatic carbocycles. The van der Waals surface area contributed by atoms with Gasteiger partial charge < -0.3 is 15.1 Å². The van der Waals surface area contributed by atoms with Gasteiger partial charge in [-0.2, -0.15) is 4.31 Å². The Morgan fingerprint density at radius 1 is 1.09 bits per heavy atom. The number of nitrogens with zero attached hydrogens (tertiary/aromatic N) is 2. The molecule has 128 valence electrons. The first-order chi connectivity index (χ1) is 10.8. The van der Waals surface area contributed by atoms with Crippen molar-refractivity contribution < 1.29 is 23.4 Å². The molecular formula is C15H22N2O5S. The van der Waals surface area contributed by atoms with E-state index in [4.69, 9.17) is 0 Å². The number of phenols is 2. The topological polar surface area (TPSA) is 98.2 Å². The van der Waals surface area contributed by atoms with E-state index < -0.39 is 10.0 Å². The summed E-state index contributed by atoms with van der Waals surface area (Å²) in [6.45, 7) is 3.06. The van der Waals surface area contributed by atoms with Crippen molar-refractivity contribution in [2.75, 3.05) is 31.9 Å². The van der Waals surface area contributed by atoms with Crippen LogP contribution < -0.4 is 0 Å². The Morgan fingerprint density at radius 3 is 2.17 bits per heavy atom. The number of amides is 1. The molecule has 1 aromatic rings. The van der Waals surface area contributed by atoms with Crippen LogP contribution in [0.15, 0.2) is 18.2 Å². The fraction of sp³-hybridized carbons (Fsp3) is 0.533. The van der Waals surface area contributed by atoms with Gasteiger partial charge in [-0.05, 0) is 18.6 Å². The summed E-state index contributed by atoms with van der Waals surface area (Å²) in [6, 6.07) is 3.72. The number of hydrogen-bond acceptors (Lipinski definition) is 5. The van der Waals surface area contributed by atoms with Crippen LogP contribution >= 0.6 is 0 Å². The number of sulfonamides is 1. The van der Waals surface area contributed by atoms with Crippen molar-refractivity contribution in [3.63, 3.8) is 0 Å². The van der Waals surface area contributed by atoms with Crippen molar-refractivity contribution in [3.8, 4) is 11.5 Å². The second kappa shape index (κ2) is 7.18. The number of aromatic hydroxyl groups is 2. The number of piperazine rings is 1.